The minimum Gasteiger partial charge on any atom is -0.480 e. The molecule has 6 nitrogen and oxygen atoms in total. The second-order valence-electron chi connectivity index (χ2n) is 3.95. The average molecular weight is 288 g/mol. The third-order valence-electron chi connectivity index (χ3n) is 2.76. The van der Waals surface area contributed by atoms with Crippen molar-refractivity contribution >= 4 is 35.0 Å². The number of carboxylic acids is 1. The SMILES string of the molecule is Cc1csc(=O)n1CC(=O)N1CSC[C@H]1C(=O)O. The van der Waals surface area contributed by atoms with E-state index in [2.05, 4.69) is 0 Å². The summed E-state index contributed by atoms with van der Waals surface area (Å²) in [5, 5.41) is 10.7. The topological polar surface area (TPSA) is 79.6 Å². The summed E-state index contributed by atoms with van der Waals surface area (Å²) in [6.07, 6.45) is 0. The number of rotatable bonds is 3. The number of thiazole rings is 1. The molecule has 1 aliphatic heterocycles. The number of thioether (sulfide) groups is 1. The number of aromatic nitrogens is 1. The Bertz CT molecular complexity index is 536. The van der Waals surface area contributed by atoms with E-state index < -0.39 is 12.0 Å². The highest BCUT2D eigenvalue weighted by Gasteiger charge is 2.34. The number of carboxylic acid groups (broad SMARTS) is 1. The van der Waals surface area contributed by atoms with E-state index in [1.165, 1.54) is 21.2 Å². The molecule has 8 heteroatoms. The predicted molar refractivity (Wildman–Crippen MR) is 68.9 cm³/mol. The Hall–Kier alpha value is -1.28. The van der Waals surface area contributed by atoms with Crippen LogP contribution in [0.15, 0.2) is 10.2 Å². The van der Waals surface area contributed by atoms with Crippen LogP contribution in [0.5, 0.6) is 0 Å². The smallest absolute Gasteiger partial charge is 0.327 e. The van der Waals surface area contributed by atoms with Crippen LogP contribution in [0.4, 0.5) is 0 Å². The van der Waals surface area contributed by atoms with Crippen LogP contribution in [0.1, 0.15) is 5.69 Å². The highest BCUT2D eigenvalue weighted by atomic mass is 32.2. The second-order valence-corrected chi connectivity index (χ2v) is 5.77. The predicted octanol–water partition coefficient (Wildman–Crippen LogP) is 0.204. The van der Waals surface area contributed by atoms with Gasteiger partial charge >= 0.3 is 10.8 Å². The fourth-order valence-corrected chi connectivity index (χ4v) is 3.62. The second kappa shape index (κ2) is 5.15. The molecule has 1 aromatic heterocycles. The molecule has 0 spiro atoms. The number of hydrogen-bond acceptors (Lipinski definition) is 5. The number of carbonyl (C=O) groups is 2. The fraction of sp³-hybridized carbons (Fsp3) is 0.500. The van der Waals surface area contributed by atoms with E-state index in [9.17, 15) is 14.4 Å². The van der Waals surface area contributed by atoms with Crippen molar-refractivity contribution in [2.45, 2.75) is 19.5 Å². The molecule has 18 heavy (non-hydrogen) atoms. The molecule has 0 saturated carbocycles. The molecule has 1 aliphatic rings. The van der Waals surface area contributed by atoms with E-state index in [-0.39, 0.29) is 17.3 Å². The standard InChI is InChI=1S/C10H12N2O4S2/c1-6-3-18-10(16)11(6)2-8(13)12-5-17-4-7(12)9(14)15/h3,7H,2,4-5H2,1H3,(H,14,15)/t7-/m0/s1. The molecule has 98 valence electrons. The van der Waals surface area contributed by atoms with Gasteiger partial charge in [0.05, 0.1) is 5.88 Å². The van der Waals surface area contributed by atoms with Crippen LogP contribution < -0.4 is 4.87 Å². The van der Waals surface area contributed by atoms with E-state index in [0.29, 0.717) is 11.6 Å². The monoisotopic (exact) mass is 288 g/mol. The van der Waals surface area contributed by atoms with Gasteiger partial charge in [-0.3, -0.25) is 14.2 Å². The number of carbonyl (C=O) groups excluding carboxylic acids is 1. The van der Waals surface area contributed by atoms with Gasteiger partial charge in [-0.25, -0.2) is 4.79 Å². The summed E-state index contributed by atoms with van der Waals surface area (Å²) >= 11 is 2.45. The lowest BCUT2D eigenvalue weighted by molar-refractivity contribution is -0.148. The summed E-state index contributed by atoms with van der Waals surface area (Å²) in [5.74, 6) is -0.550. The summed E-state index contributed by atoms with van der Waals surface area (Å²) in [6.45, 7) is 1.66. The summed E-state index contributed by atoms with van der Waals surface area (Å²) in [4.78, 5) is 35.6. The van der Waals surface area contributed by atoms with Gasteiger partial charge in [-0.1, -0.05) is 11.3 Å². The highest BCUT2D eigenvalue weighted by molar-refractivity contribution is 7.99. The van der Waals surface area contributed by atoms with Crippen molar-refractivity contribution in [3.8, 4) is 0 Å². The van der Waals surface area contributed by atoms with Gasteiger partial charge in [0.25, 0.3) is 0 Å². The van der Waals surface area contributed by atoms with Gasteiger partial charge in [0, 0.05) is 16.8 Å². The van der Waals surface area contributed by atoms with Crippen molar-refractivity contribution in [3.05, 3.63) is 20.7 Å². The number of hydrogen-bond donors (Lipinski definition) is 1. The molecule has 1 amide bonds. The summed E-state index contributed by atoms with van der Waals surface area (Å²) < 4.78 is 1.37. The minimum absolute atomic E-state index is 0.0848. The van der Waals surface area contributed by atoms with Crippen molar-refractivity contribution in [2.24, 2.45) is 0 Å². The van der Waals surface area contributed by atoms with Gasteiger partial charge < -0.3 is 10.0 Å². The first-order valence-electron chi connectivity index (χ1n) is 5.25. The molecule has 0 radical (unpaired) electrons. The number of amides is 1. The van der Waals surface area contributed by atoms with Crippen LogP contribution in [-0.4, -0.2) is 44.1 Å². The molecule has 0 aliphatic carbocycles. The third kappa shape index (κ3) is 2.44. The number of nitrogens with zero attached hydrogens (tertiary/aromatic N) is 2. The molecule has 0 unspecified atom stereocenters. The van der Waals surface area contributed by atoms with E-state index in [1.54, 1.807) is 12.3 Å². The van der Waals surface area contributed by atoms with Crippen LogP contribution in [0.3, 0.4) is 0 Å². The largest absolute Gasteiger partial charge is 0.480 e. The van der Waals surface area contributed by atoms with Gasteiger partial charge in [0.15, 0.2) is 0 Å². The number of aliphatic carboxylic acids is 1. The molecule has 1 atom stereocenters. The van der Waals surface area contributed by atoms with E-state index in [4.69, 9.17) is 5.11 Å². The van der Waals surface area contributed by atoms with E-state index in [0.717, 1.165) is 17.0 Å². The van der Waals surface area contributed by atoms with E-state index in [1.807, 2.05) is 0 Å². The van der Waals surface area contributed by atoms with Crippen molar-refractivity contribution in [2.75, 3.05) is 11.6 Å². The molecule has 1 aromatic rings. The third-order valence-corrected chi connectivity index (χ3v) is 4.65. The zero-order valence-electron chi connectivity index (χ0n) is 9.66. The maximum absolute atomic E-state index is 12.0. The molecule has 1 saturated heterocycles. The van der Waals surface area contributed by atoms with Crippen molar-refractivity contribution in [3.63, 3.8) is 0 Å². The maximum atomic E-state index is 12.0. The molecule has 0 aromatic carbocycles. The lowest BCUT2D eigenvalue weighted by atomic mass is 10.3. The van der Waals surface area contributed by atoms with Gasteiger partial charge in [-0.05, 0) is 6.92 Å². The zero-order chi connectivity index (χ0) is 13.3. The van der Waals surface area contributed by atoms with Gasteiger partial charge in [0.2, 0.25) is 5.91 Å². The fourth-order valence-electron chi connectivity index (χ4n) is 1.72. The molecule has 1 fully saturated rings. The number of aryl methyl sites for hydroxylation is 1. The van der Waals surface area contributed by atoms with Crippen LogP contribution in [0.2, 0.25) is 0 Å². The lowest BCUT2D eigenvalue weighted by Gasteiger charge is -2.20. The van der Waals surface area contributed by atoms with Gasteiger partial charge in [-0.2, -0.15) is 0 Å². The first-order valence-corrected chi connectivity index (χ1v) is 7.29. The van der Waals surface area contributed by atoms with Crippen LogP contribution >= 0.6 is 23.1 Å². The average Bonchev–Trinajstić information content (AvgIpc) is 2.90. The molecule has 0 bridgehead atoms. The Balaban J connectivity index is 2.13. The summed E-state index contributed by atoms with van der Waals surface area (Å²) in [5.41, 5.74) is 0.720. The minimum atomic E-state index is -0.997. The van der Waals surface area contributed by atoms with Crippen molar-refractivity contribution < 1.29 is 14.7 Å². The molecule has 2 rings (SSSR count). The van der Waals surface area contributed by atoms with Crippen molar-refractivity contribution in [1.82, 2.24) is 9.47 Å². The van der Waals surface area contributed by atoms with Crippen molar-refractivity contribution in [1.29, 1.82) is 0 Å². The first kappa shape index (κ1) is 13.2. The van der Waals surface area contributed by atoms with E-state index >= 15 is 0 Å². The Kier molecular flexibility index (Phi) is 3.76. The highest BCUT2D eigenvalue weighted by Crippen LogP contribution is 2.21. The summed E-state index contributed by atoms with van der Waals surface area (Å²) in [6, 6.07) is -0.780. The van der Waals surface area contributed by atoms with Crippen LogP contribution in [-0.2, 0) is 16.1 Å². The Morgan fingerprint density at radius 1 is 1.56 bits per heavy atom. The molecule has 1 N–H and O–H groups in total. The first-order chi connectivity index (χ1) is 8.50. The molecular formula is C10H12N2O4S2. The Labute approximate surface area is 111 Å². The zero-order valence-corrected chi connectivity index (χ0v) is 11.3. The van der Waals surface area contributed by atoms with Crippen LogP contribution in [0.25, 0.3) is 0 Å². The normalized spacial score (nSPS) is 19.2. The Morgan fingerprint density at radius 3 is 2.83 bits per heavy atom. The van der Waals surface area contributed by atoms with Crippen LogP contribution in [0, 0.1) is 6.92 Å². The quantitative estimate of drug-likeness (QED) is 0.860. The Morgan fingerprint density at radius 2 is 2.28 bits per heavy atom. The van der Waals surface area contributed by atoms with Gasteiger partial charge in [0.1, 0.15) is 12.6 Å². The lowest BCUT2D eigenvalue weighted by Crippen LogP contribution is -2.44. The summed E-state index contributed by atoms with van der Waals surface area (Å²) in [7, 11) is 0. The maximum Gasteiger partial charge on any atom is 0.327 e. The van der Waals surface area contributed by atoms with Gasteiger partial charge in [-0.15, -0.1) is 11.8 Å². The molecule has 2 heterocycles. The molecular weight excluding hydrogens is 276 g/mol.